The highest BCUT2D eigenvalue weighted by Gasteiger charge is 2.44. The third-order valence-electron chi connectivity index (χ3n) is 3.66. The van der Waals surface area contributed by atoms with Gasteiger partial charge in [0, 0.05) is 18.6 Å². The summed E-state index contributed by atoms with van der Waals surface area (Å²) < 4.78 is 11.1. The van der Waals surface area contributed by atoms with Gasteiger partial charge in [0.05, 0.1) is 12.7 Å². The molecule has 126 valence electrons. The summed E-state index contributed by atoms with van der Waals surface area (Å²) in [6, 6.07) is 0. The van der Waals surface area contributed by atoms with Crippen molar-refractivity contribution in [1.82, 2.24) is 4.90 Å². The summed E-state index contributed by atoms with van der Waals surface area (Å²) in [4.78, 5) is 1.87. The van der Waals surface area contributed by atoms with Crippen LogP contribution < -0.4 is 0 Å². The van der Waals surface area contributed by atoms with E-state index in [-0.39, 0.29) is 6.10 Å². The maximum atomic E-state index is 10.0. The average molecular weight is 315 g/mol. The molecule has 0 saturated carbocycles. The van der Waals surface area contributed by atoms with Gasteiger partial charge in [-0.05, 0) is 18.4 Å². The Morgan fingerprint density at radius 3 is 2.41 bits per heavy atom. The highest BCUT2D eigenvalue weighted by atomic mass is 16.7. The van der Waals surface area contributed by atoms with E-state index in [0.29, 0.717) is 12.3 Å². The first-order valence-corrected chi connectivity index (χ1v) is 7.52. The summed E-state index contributed by atoms with van der Waals surface area (Å²) >= 11 is 0. The lowest BCUT2D eigenvalue weighted by Crippen LogP contribution is -2.59. The van der Waals surface area contributed by atoms with Gasteiger partial charge in [0.15, 0.2) is 6.29 Å². The van der Waals surface area contributed by atoms with Crippen LogP contribution in [0.1, 0.15) is 20.3 Å². The second-order valence-corrected chi connectivity index (χ2v) is 6.09. The van der Waals surface area contributed by atoms with Crippen molar-refractivity contribution in [3.05, 3.63) is 24.7 Å². The molecule has 0 bridgehead atoms. The number of hydrogen-bond donors (Lipinski definition) is 4. The number of aliphatic hydroxyl groups is 4. The van der Waals surface area contributed by atoms with Crippen molar-refractivity contribution in [3.63, 3.8) is 0 Å². The van der Waals surface area contributed by atoms with E-state index in [2.05, 4.69) is 0 Å². The maximum absolute atomic E-state index is 10.0. The lowest BCUT2D eigenvalue weighted by atomic mass is 9.99. The Kier molecular flexibility index (Phi) is 5.96. The molecule has 0 aromatic heterocycles. The predicted octanol–water partition coefficient (Wildman–Crippen LogP) is -0.482. The summed E-state index contributed by atoms with van der Waals surface area (Å²) in [5.41, 5.74) is 0. The number of aliphatic hydroxyl groups excluding tert-OH is 4. The molecule has 7 heteroatoms. The maximum Gasteiger partial charge on any atom is 0.187 e. The fourth-order valence-corrected chi connectivity index (χ4v) is 2.33. The Morgan fingerprint density at radius 1 is 1.18 bits per heavy atom. The fraction of sp³-hybridized carbons (Fsp3) is 0.733. The van der Waals surface area contributed by atoms with Crippen molar-refractivity contribution in [2.75, 3.05) is 6.61 Å². The quantitative estimate of drug-likeness (QED) is 0.503. The first-order valence-electron chi connectivity index (χ1n) is 7.52. The van der Waals surface area contributed by atoms with E-state index in [1.165, 1.54) is 0 Å². The Bertz CT molecular complexity index is 405. The second kappa shape index (κ2) is 7.54. The summed E-state index contributed by atoms with van der Waals surface area (Å²) in [5.74, 6) is 0.363. The lowest BCUT2D eigenvalue weighted by molar-refractivity contribution is -0.308. The van der Waals surface area contributed by atoms with Crippen LogP contribution >= 0.6 is 0 Å². The molecule has 0 aromatic rings. The van der Waals surface area contributed by atoms with Gasteiger partial charge in [0.25, 0.3) is 0 Å². The van der Waals surface area contributed by atoms with Gasteiger partial charge in [0.1, 0.15) is 24.4 Å². The summed E-state index contributed by atoms with van der Waals surface area (Å²) in [7, 11) is 0. The molecule has 4 N–H and O–H groups in total. The van der Waals surface area contributed by atoms with Crippen LogP contribution in [0.3, 0.4) is 0 Å². The summed E-state index contributed by atoms with van der Waals surface area (Å²) in [6.07, 6.45) is 1.62. The van der Waals surface area contributed by atoms with Gasteiger partial charge in [-0.25, -0.2) is 0 Å². The molecule has 22 heavy (non-hydrogen) atoms. The molecule has 1 fully saturated rings. The van der Waals surface area contributed by atoms with Gasteiger partial charge in [0.2, 0.25) is 0 Å². The standard InChI is InChI=1S/C15H25NO6/c1-9(2)7-10(3-4-16-5-6-16)21-15-14(20)13(19)12(18)11(8-17)22-15/h3-6,9-15,17-20H,7-8H2,1-2H3/b4-3-. The fourth-order valence-electron chi connectivity index (χ4n) is 2.33. The topological polar surface area (TPSA) is 102 Å². The molecular formula is C15H25NO6. The van der Waals surface area contributed by atoms with Crippen LogP contribution in [0.15, 0.2) is 24.7 Å². The molecule has 2 aliphatic rings. The molecule has 0 radical (unpaired) electrons. The van der Waals surface area contributed by atoms with E-state index in [4.69, 9.17) is 9.47 Å². The van der Waals surface area contributed by atoms with E-state index < -0.39 is 37.3 Å². The van der Waals surface area contributed by atoms with Crippen molar-refractivity contribution in [1.29, 1.82) is 0 Å². The zero-order chi connectivity index (χ0) is 16.3. The van der Waals surface area contributed by atoms with E-state index >= 15 is 0 Å². The van der Waals surface area contributed by atoms with Crippen LogP contribution in [-0.2, 0) is 9.47 Å². The molecule has 6 atom stereocenters. The van der Waals surface area contributed by atoms with E-state index in [1.807, 2.05) is 43.4 Å². The van der Waals surface area contributed by atoms with Crippen molar-refractivity contribution in [2.45, 2.75) is 57.1 Å². The monoisotopic (exact) mass is 315 g/mol. The van der Waals surface area contributed by atoms with Gasteiger partial charge in [-0.2, -0.15) is 0 Å². The Morgan fingerprint density at radius 2 is 1.86 bits per heavy atom. The third kappa shape index (κ3) is 4.52. The molecule has 0 spiro atoms. The summed E-state index contributed by atoms with van der Waals surface area (Å²) in [5, 5.41) is 38.7. The smallest absolute Gasteiger partial charge is 0.187 e. The van der Waals surface area contributed by atoms with Crippen molar-refractivity contribution in [2.24, 2.45) is 5.92 Å². The van der Waals surface area contributed by atoms with E-state index in [1.54, 1.807) is 0 Å². The van der Waals surface area contributed by atoms with Crippen LogP contribution in [0.2, 0.25) is 0 Å². The number of hydrogen-bond acceptors (Lipinski definition) is 7. The minimum Gasteiger partial charge on any atom is -0.394 e. The van der Waals surface area contributed by atoms with Gasteiger partial charge in [-0.1, -0.05) is 13.8 Å². The molecule has 0 amide bonds. The molecule has 2 rings (SSSR count). The largest absolute Gasteiger partial charge is 0.394 e. The third-order valence-corrected chi connectivity index (χ3v) is 3.66. The molecule has 1 saturated heterocycles. The molecule has 2 aliphatic heterocycles. The van der Waals surface area contributed by atoms with Gasteiger partial charge >= 0.3 is 0 Å². The molecule has 0 aliphatic carbocycles. The molecule has 7 nitrogen and oxygen atoms in total. The normalized spacial score (nSPS) is 36.3. The van der Waals surface area contributed by atoms with Crippen molar-refractivity contribution < 1.29 is 29.9 Å². The minimum absolute atomic E-state index is 0.316. The second-order valence-electron chi connectivity index (χ2n) is 6.09. The Hall–Kier alpha value is -0.960. The first kappa shape index (κ1) is 17.4. The first-order chi connectivity index (χ1) is 10.4. The molecule has 6 unspecified atom stereocenters. The zero-order valence-corrected chi connectivity index (χ0v) is 12.8. The highest BCUT2D eigenvalue weighted by Crippen LogP contribution is 2.25. The number of ether oxygens (including phenoxy) is 2. The van der Waals surface area contributed by atoms with Crippen LogP contribution in [0, 0.1) is 5.92 Å². The molecule has 2 heterocycles. The number of nitrogens with zero attached hydrogens (tertiary/aromatic N) is 1. The van der Waals surface area contributed by atoms with E-state index in [9.17, 15) is 20.4 Å². The van der Waals surface area contributed by atoms with Gasteiger partial charge in [-0.3, -0.25) is 0 Å². The van der Waals surface area contributed by atoms with E-state index in [0.717, 1.165) is 0 Å². The van der Waals surface area contributed by atoms with Crippen molar-refractivity contribution >= 4 is 0 Å². The van der Waals surface area contributed by atoms with Crippen LogP contribution in [-0.4, -0.2) is 68.7 Å². The predicted molar refractivity (Wildman–Crippen MR) is 78.2 cm³/mol. The number of rotatable bonds is 7. The van der Waals surface area contributed by atoms with Crippen LogP contribution in [0.4, 0.5) is 0 Å². The van der Waals surface area contributed by atoms with Crippen LogP contribution in [0.25, 0.3) is 0 Å². The highest BCUT2D eigenvalue weighted by molar-refractivity contribution is 5.10. The lowest BCUT2D eigenvalue weighted by Gasteiger charge is -2.40. The summed E-state index contributed by atoms with van der Waals surface area (Å²) in [6.45, 7) is 3.63. The van der Waals surface area contributed by atoms with Crippen molar-refractivity contribution in [3.8, 4) is 0 Å². The molecule has 0 aromatic carbocycles. The Labute approximate surface area is 130 Å². The zero-order valence-electron chi connectivity index (χ0n) is 12.8. The van der Waals surface area contributed by atoms with Crippen LogP contribution in [0.5, 0.6) is 0 Å². The Balaban J connectivity index is 1.99. The van der Waals surface area contributed by atoms with Gasteiger partial charge < -0.3 is 34.8 Å². The van der Waals surface area contributed by atoms with Gasteiger partial charge in [-0.15, -0.1) is 0 Å². The average Bonchev–Trinajstić information content (AvgIpc) is 3.29. The SMILES string of the molecule is CC(C)CC(/C=C\N1C=C1)OC1OC(CO)C(O)C(O)C1O. The minimum atomic E-state index is -1.42. The molecular weight excluding hydrogens is 290 g/mol.